The van der Waals surface area contributed by atoms with Crippen molar-refractivity contribution in [2.45, 2.75) is 196 Å². The second kappa shape index (κ2) is 36.1. The second-order valence-electron chi connectivity index (χ2n) is 17.9. The first kappa shape index (κ1) is 57.4. The van der Waals surface area contributed by atoms with E-state index in [1.165, 1.54) is 18.2 Å². The van der Waals surface area contributed by atoms with Gasteiger partial charge in [-0.15, -0.1) is 0 Å². The summed E-state index contributed by atoms with van der Waals surface area (Å²) in [5.74, 6) is 1.94. The Kier molecular flexibility index (Phi) is 30.5. The van der Waals surface area contributed by atoms with Gasteiger partial charge >= 0.3 is 0 Å². The van der Waals surface area contributed by atoms with Gasteiger partial charge in [-0.2, -0.15) is 0 Å². The lowest BCUT2D eigenvalue weighted by molar-refractivity contribution is 0.101. The molecular formula is C57H88N2O9. The van der Waals surface area contributed by atoms with E-state index in [-0.39, 0.29) is 11.3 Å². The van der Waals surface area contributed by atoms with E-state index in [0.29, 0.717) is 85.4 Å². The Morgan fingerprint density at radius 3 is 0.985 bits per heavy atom. The maximum Gasteiger partial charge on any atom is 0.256 e. The topological polar surface area (TPSA) is 131 Å². The van der Waals surface area contributed by atoms with Gasteiger partial charge in [0, 0.05) is 16.8 Å². The molecule has 0 saturated carbocycles. The van der Waals surface area contributed by atoms with Crippen molar-refractivity contribution in [1.29, 1.82) is 0 Å². The zero-order valence-electron chi connectivity index (χ0n) is 43.0. The minimum absolute atomic E-state index is 0.0498. The molecule has 3 rings (SSSR count). The van der Waals surface area contributed by atoms with Gasteiger partial charge in [-0.25, -0.2) is 0 Å². The molecule has 11 heteroatoms. The Bertz CT molecular complexity index is 1850. The summed E-state index contributed by atoms with van der Waals surface area (Å²) in [6.45, 7) is 16.0. The van der Waals surface area contributed by atoms with Gasteiger partial charge in [0.25, 0.3) is 11.8 Å². The highest BCUT2D eigenvalue weighted by Gasteiger charge is 2.22. The van der Waals surface area contributed by atoms with E-state index in [2.05, 4.69) is 52.2 Å². The van der Waals surface area contributed by atoms with Gasteiger partial charge in [0.2, 0.25) is 16.9 Å². The van der Waals surface area contributed by atoms with Gasteiger partial charge in [0.1, 0.15) is 0 Å². The summed E-state index contributed by atoms with van der Waals surface area (Å²) >= 11 is 0. The number of unbranched alkanes of at least 4 members (excludes halogenated alkanes) is 18. The van der Waals surface area contributed by atoms with Gasteiger partial charge in [0.15, 0.2) is 23.0 Å². The molecule has 0 aliphatic heterocycles. The summed E-state index contributed by atoms with van der Waals surface area (Å²) in [5, 5.41) is 5.77. The molecule has 0 aromatic heterocycles. The molecule has 0 spiro atoms. The van der Waals surface area contributed by atoms with Crippen molar-refractivity contribution in [3.63, 3.8) is 0 Å². The molecule has 0 saturated heterocycles. The molecule has 68 heavy (non-hydrogen) atoms. The number of nitrogens with one attached hydrogen (secondary N) is 2. The van der Waals surface area contributed by atoms with E-state index in [1.54, 1.807) is 30.3 Å². The molecule has 0 aliphatic carbocycles. The third kappa shape index (κ3) is 22.5. The maximum absolute atomic E-state index is 14.0. The number of carbonyl (C=O) groups is 2. The van der Waals surface area contributed by atoms with Crippen molar-refractivity contribution in [2.24, 2.45) is 0 Å². The smallest absolute Gasteiger partial charge is 0.256 e. The highest BCUT2D eigenvalue weighted by Crippen LogP contribution is 2.41. The zero-order valence-corrected chi connectivity index (χ0v) is 43.0. The number of anilines is 2. The van der Waals surface area contributed by atoms with Crippen LogP contribution in [0.25, 0.3) is 0 Å². The van der Waals surface area contributed by atoms with Gasteiger partial charge in [-0.1, -0.05) is 157 Å². The third-order valence-electron chi connectivity index (χ3n) is 11.7. The molecule has 0 aliphatic rings. The summed E-state index contributed by atoms with van der Waals surface area (Å²) in [6.07, 6.45) is 25.0. The van der Waals surface area contributed by atoms with Crippen LogP contribution in [0.2, 0.25) is 0 Å². The normalized spacial score (nSPS) is 11.0. The van der Waals surface area contributed by atoms with Gasteiger partial charge in [0.05, 0.1) is 45.3 Å². The Hall–Kier alpha value is -4.93. The molecule has 2 N–H and O–H groups in total. The van der Waals surface area contributed by atoms with Gasteiger partial charge < -0.3 is 39.1 Å². The molecule has 0 unspecified atom stereocenters. The molecule has 0 fully saturated rings. The average molecular weight is 945 g/mol. The van der Waals surface area contributed by atoms with Crippen LogP contribution in [0.15, 0.2) is 53.3 Å². The lowest BCUT2D eigenvalue weighted by atomic mass is 10.1. The number of hydrogen-bond acceptors (Lipinski definition) is 9. The van der Waals surface area contributed by atoms with Crippen LogP contribution < -0.4 is 44.5 Å². The number of benzene rings is 2. The third-order valence-corrected chi connectivity index (χ3v) is 11.7. The largest absolute Gasteiger partial charge is 0.490 e. The lowest BCUT2D eigenvalue weighted by Crippen LogP contribution is -2.17. The summed E-state index contributed by atoms with van der Waals surface area (Å²) in [5.41, 5.74) is 0.594. The van der Waals surface area contributed by atoms with E-state index in [0.717, 1.165) is 154 Å². The highest BCUT2D eigenvalue weighted by atomic mass is 16.5. The molecule has 3 aromatic carbocycles. The van der Waals surface area contributed by atoms with Crippen LogP contribution in [-0.2, 0) is 0 Å². The number of ether oxygens (including phenoxy) is 6. The van der Waals surface area contributed by atoms with Crippen LogP contribution in [0.1, 0.15) is 216 Å². The van der Waals surface area contributed by atoms with Crippen molar-refractivity contribution in [2.75, 3.05) is 50.3 Å². The van der Waals surface area contributed by atoms with E-state index in [4.69, 9.17) is 28.4 Å². The first-order valence-corrected chi connectivity index (χ1v) is 26.7. The van der Waals surface area contributed by atoms with E-state index in [1.807, 2.05) is 0 Å². The average Bonchev–Trinajstić information content (AvgIpc) is 3.51. The molecule has 0 bridgehead atoms. The van der Waals surface area contributed by atoms with Crippen molar-refractivity contribution in [1.82, 2.24) is 0 Å². The molecule has 2 amide bonds. The lowest BCUT2D eigenvalue weighted by Gasteiger charge is -2.19. The van der Waals surface area contributed by atoms with Gasteiger partial charge in [-0.3, -0.25) is 14.4 Å². The van der Waals surface area contributed by atoms with Gasteiger partial charge in [-0.05, 0) is 87.1 Å². The van der Waals surface area contributed by atoms with Crippen LogP contribution in [0.4, 0.5) is 11.4 Å². The standard InChI is InChI=1S/C57H88N2O9/c1-7-13-19-25-35-63-50-41-45(42-51(64-36-26-20-14-8-2)54(50)67-39-29-23-17-11-5)56(61)58-47-31-33-48(49(60)34-32-47)59-57(62)46-43-52(65-37-27-21-15-9-3)55(68-40-30-24-18-12-6)53(44-46)66-38-28-22-16-10-4/h31-34,41-44H,7-30,35-40H2,1-6H3,(H,58,61)(H,59,60,62). The fourth-order valence-electron chi connectivity index (χ4n) is 7.53. The summed E-state index contributed by atoms with van der Waals surface area (Å²) < 4.78 is 38.0. The quantitative estimate of drug-likeness (QED) is 0.0535. The first-order chi connectivity index (χ1) is 33.3. The monoisotopic (exact) mass is 945 g/mol. The SMILES string of the molecule is CCCCCCOc1cc(C(=O)Nc2ccc(NC(=O)c3cc(OCCCCCC)c(OCCCCCC)c(OCCCCCC)c3)c(=O)cc2)cc(OCCCCCC)c1OCCCCCC. The molecule has 11 nitrogen and oxygen atoms in total. The van der Waals surface area contributed by atoms with Crippen LogP contribution in [-0.4, -0.2) is 51.5 Å². The molecule has 0 radical (unpaired) electrons. The van der Waals surface area contributed by atoms with Crippen molar-refractivity contribution in [3.05, 3.63) is 69.9 Å². The number of hydrogen-bond donors (Lipinski definition) is 2. The zero-order chi connectivity index (χ0) is 49.0. The predicted octanol–water partition coefficient (Wildman–Crippen LogP) is 15.3. The van der Waals surface area contributed by atoms with Crippen LogP contribution >= 0.6 is 0 Å². The van der Waals surface area contributed by atoms with Crippen molar-refractivity contribution >= 4 is 23.2 Å². The Balaban J connectivity index is 1.92. The molecule has 0 atom stereocenters. The maximum atomic E-state index is 14.0. The highest BCUT2D eigenvalue weighted by molar-refractivity contribution is 6.06. The van der Waals surface area contributed by atoms with Crippen LogP contribution in [0.3, 0.4) is 0 Å². The van der Waals surface area contributed by atoms with E-state index in [9.17, 15) is 14.4 Å². The molecular weight excluding hydrogens is 857 g/mol. The Morgan fingerprint density at radius 1 is 0.368 bits per heavy atom. The van der Waals surface area contributed by atoms with E-state index < -0.39 is 17.2 Å². The Morgan fingerprint density at radius 2 is 0.662 bits per heavy atom. The first-order valence-electron chi connectivity index (χ1n) is 26.7. The molecule has 380 valence electrons. The summed E-state index contributed by atoms with van der Waals surface area (Å²) in [7, 11) is 0. The minimum Gasteiger partial charge on any atom is -0.490 e. The Labute approximate surface area is 410 Å². The number of amides is 2. The number of rotatable bonds is 40. The molecule has 3 aromatic rings. The van der Waals surface area contributed by atoms with Crippen LogP contribution in [0, 0.1) is 0 Å². The number of carbonyl (C=O) groups excluding carboxylic acids is 2. The minimum atomic E-state index is -0.503. The predicted molar refractivity (Wildman–Crippen MR) is 279 cm³/mol. The van der Waals surface area contributed by atoms with Crippen molar-refractivity contribution < 1.29 is 38.0 Å². The van der Waals surface area contributed by atoms with Crippen LogP contribution in [0.5, 0.6) is 34.5 Å². The summed E-state index contributed by atoms with van der Waals surface area (Å²) in [4.78, 5) is 41.6. The van der Waals surface area contributed by atoms with Crippen molar-refractivity contribution in [3.8, 4) is 34.5 Å². The molecule has 0 heterocycles. The fraction of sp³-hybridized carbons (Fsp3) is 0.632. The summed E-state index contributed by atoms with van der Waals surface area (Å²) in [6, 6.07) is 12.7. The second-order valence-corrected chi connectivity index (χ2v) is 17.9. The fourth-order valence-corrected chi connectivity index (χ4v) is 7.53. The van der Waals surface area contributed by atoms with E-state index >= 15 is 0 Å².